The van der Waals surface area contributed by atoms with Gasteiger partial charge in [-0.15, -0.1) is 0 Å². The minimum atomic E-state index is -0.0680. The van der Waals surface area contributed by atoms with Gasteiger partial charge in [0.25, 0.3) is 0 Å². The zero-order valence-corrected chi connectivity index (χ0v) is 10.9. The van der Waals surface area contributed by atoms with Gasteiger partial charge in [0.15, 0.2) is 0 Å². The minimum Gasteiger partial charge on any atom is -0.395 e. The summed E-state index contributed by atoms with van der Waals surface area (Å²) in [5.41, 5.74) is 5.78. The van der Waals surface area contributed by atoms with Gasteiger partial charge in [0.2, 0.25) is 0 Å². The van der Waals surface area contributed by atoms with Gasteiger partial charge in [0, 0.05) is 18.6 Å². The normalized spacial score (nSPS) is 27.2. The molecule has 2 heterocycles. The first-order valence-electron chi connectivity index (χ1n) is 7.12. The van der Waals surface area contributed by atoms with Crippen LogP contribution < -0.4 is 5.73 Å². The van der Waals surface area contributed by atoms with Gasteiger partial charge < -0.3 is 20.6 Å². The SMILES string of the molecule is NC(CO)CN1CCC(N2CCCCC2)CC1. The highest BCUT2D eigenvalue weighted by molar-refractivity contribution is 4.82. The number of aliphatic hydroxyl groups excluding tert-OH is 1. The van der Waals surface area contributed by atoms with E-state index in [1.165, 1.54) is 45.2 Å². The first kappa shape index (κ1) is 13.3. The van der Waals surface area contributed by atoms with E-state index in [1.807, 2.05) is 0 Å². The van der Waals surface area contributed by atoms with Gasteiger partial charge in [-0.1, -0.05) is 6.42 Å². The molecule has 100 valence electrons. The number of hydrogen-bond donors (Lipinski definition) is 2. The summed E-state index contributed by atoms with van der Waals surface area (Å²) in [6.45, 7) is 5.86. The molecule has 4 heteroatoms. The molecule has 0 aromatic rings. The number of nitrogens with two attached hydrogens (primary N) is 1. The van der Waals surface area contributed by atoms with Crippen LogP contribution in [0, 0.1) is 0 Å². The van der Waals surface area contributed by atoms with E-state index in [9.17, 15) is 0 Å². The number of likely N-dealkylation sites (tertiary alicyclic amines) is 2. The summed E-state index contributed by atoms with van der Waals surface area (Å²) in [5.74, 6) is 0. The molecule has 0 saturated carbocycles. The molecule has 0 aromatic heterocycles. The van der Waals surface area contributed by atoms with Gasteiger partial charge in [-0.05, 0) is 51.9 Å². The summed E-state index contributed by atoms with van der Waals surface area (Å²) in [4.78, 5) is 5.09. The van der Waals surface area contributed by atoms with Gasteiger partial charge in [-0.3, -0.25) is 0 Å². The smallest absolute Gasteiger partial charge is 0.0595 e. The predicted octanol–water partition coefficient (Wildman–Crippen LogP) is 0.256. The van der Waals surface area contributed by atoms with Crippen LogP contribution in [0.2, 0.25) is 0 Å². The Bertz CT molecular complexity index is 211. The molecule has 2 rings (SSSR count). The van der Waals surface area contributed by atoms with Crippen LogP contribution in [-0.2, 0) is 0 Å². The number of aliphatic hydroxyl groups is 1. The van der Waals surface area contributed by atoms with Crippen LogP contribution >= 0.6 is 0 Å². The number of hydrogen-bond acceptors (Lipinski definition) is 4. The molecule has 0 aromatic carbocycles. The molecule has 1 unspecified atom stereocenters. The summed E-state index contributed by atoms with van der Waals surface area (Å²) < 4.78 is 0. The molecule has 0 radical (unpaired) electrons. The first-order chi connectivity index (χ1) is 8.29. The Balaban J connectivity index is 1.70. The summed E-state index contributed by atoms with van der Waals surface area (Å²) >= 11 is 0. The molecule has 3 N–H and O–H groups in total. The average molecular weight is 241 g/mol. The van der Waals surface area contributed by atoms with E-state index in [0.29, 0.717) is 0 Å². The molecular weight excluding hydrogens is 214 g/mol. The lowest BCUT2D eigenvalue weighted by Gasteiger charge is -2.40. The van der Waals surface area contributed by atoms with Crippen molar-refractivity contribution in [3.05, 3.63) is 0 Å². The number of piperidine rings is 2. The largest absolute Gasteiger partial charge is 0.395 e. The quantitative estimate of drug-likeness (QED) is 0.741. The van der Waals surface area contributed by atoms with Crippen molar-refractivity contribution in [2.24, 2.45) is 5.73 Å². The molecule has 17 heavy (non-hydrogen) atoms. The van der Waals surface area contributed by atoms with Crippen molar-refractivity contribution >= 4 is 0 Å². The Hall–Kier alpha value is -0.160. The zero-order valence-electron chi connectivity index (χ0n) is 10.9. The number of nitrogens with zero attached hydrogens (tertiary/aromatic N) is 2. The minimum absolute atomic E-state index is 0.0680. The molecule has 4 nitrogen and oxygen atoms in total. The van der Waals surface area contributed by atoms with Crippen LogP contribution in [0.25, 0.3) is 0 Å². The molecule has 0 amide bonds. The maximum Gasteiger partial charge on any atom is 0.0595 e. The third kappa shape index (κ3) is 3.91. The molecule has 2 aliphatic rings. The molecule has 2 saturated heterocycles. The summed E-state index contributed by atoms with van der Waals surface area (Å²) in [6, 6.07) is 0.735. The summed E-state index contributed by atoms with van der Waals surface area (Å²) in [7, 11) is 0. The van der Waals surface area contributed by atoms with Crippen molar-refractivity contribution in [2.75, 3.05) is 39.3 Å². The van der Waals surface area contributed by atoms with Gasteiger partial charge in [-0.2, -0.15) is 0 Å². The summed E-state index contributed by atoms with van der Waals surface area (Å²) in [5, 5.41) is 8.96. The molecule has 0 bridgehead atoms. The highest BCUT2D eigenvalue weighted by atomic mass is 16.3. The highest BCUT2D eigenvalue weighted by Gasteiger charge is 2.25. The molecule has 2 fully saturated rings. The molecule has 2 aliphatic heterocycles. The van der Waals surface area contributed by atoms with Crippen LogP contribution in [0.15, 0.2) is 0 Å². The zero-order chi connectivity index (χ0) is 12.1. The maximum absolute atomic E-state index is 8.96. The lowest BCUT2D eigenvalue weighted by atomic mass is 9.99. The van der Waals surface area contributed by atoms with E-state index in [1.54, 1.807) is 0 Å². The van der Waals surface area contributed by atoms with E-state index >= 15 is 0 Å². The van der Waals surface area contributed by atoms with Crippen LogP contribution in [0.5, 0.6) is 0 Å². The van der Waals surface area contributed by atoms with Crippen molar-refractivity contribution < 1.29 is 5.11 Å². The topological polar surface area (TPSA) is 52.7 Å². The van der Waals surface area contributed by atoms with Crippen molar-refractivity contribution in [1.82, 2.24) is 9.80 Å². The first-order valence-corrected chi connectivity index (χ1v) is 7.12. The monoisotopic (exact) mass is 241 g/mol. The lowest BCUT2D eigenvalue weighted by Crippen LogP contribution is -2.49. The highest BCUT2D eigenvalue weighted by Crippen LogP contribution is 2.20. The van der Waals surface area contributed by atoms with Crippen molar-refractivity contribution in [1.29, 1.82) is 0 Å². The maximum atomic E-state index is 8.96. The molecule has 1 atom stereocenters. The standard InChI is InChI=1S/C13H27N3O/c14-12(11-17)10-15-8-4-13(5-9-15)16-6-2-1-3-7-16/h12-13,17H,1-11,14H2. The Labute approximate surface area is 105 Å². The van der Waals surface area contributed by atoms with E-state index < -0.39 is 0 Å². The second kappa shape index (κ2) is 6.69. The Morgan fingerprint density at radius 2 is 1.71 bits per heavy atom. The van der Waals surface area contributed by atoms with E-state index in [2.05, 4.69) is 9.80 Å². The van der Waals surface area contributed by atoms with Gasteiger partial charge >= 0.3 is 0 Å². The second-order valence-electron chi connectivity index (χ2n) is 5.57. The van der Waals surface area contributed by atoms with Crippen LogP contribution in [0.4, 0.5) is 0 Å². The third-order valence-electron chi connectivity index (χ3n) is 4.19. The van der Waals surface area contributed by atoms with Gasteiger partial charge in [-0.25, -0.2) is 0 Å². The Kier molecular flexibility index (Phi) is 5.22. The molecule has 0 spiro atoms. The van der Waals surface area contributed by atoms with E-state index in [4.69, 9.17) is 10.8 Å². The van der Waals surface area contributed by atoms with Crippen molar-refractivity contribution in [3.63, 3.8) is 0 Å². The summed E-state index contributed by atoms with van der Waals surface area (Å²) in [6.07, 6.45) is 6.74. The van der Waals surface area contributed by atoms with E-state index in [-0.39, 0.29) is 12.6 Å². The average Bonchev–Trinajstić information content (AvgIpc) is 2.40. The fourth-order valence-electron chi connectivity index (χ4n) is 3.14. The fourth-order valence-corrected chi connectivity index (χ4v) is 3.14. The fraction of sp³-hybridized carbons (Fsp3) is 1.00. The van der Waals surface area contributed by atoms with Crippen LogP contribution in [0.3, 0.4) is 0 Å². The van der Waals surface area contributed by atoms with Crippen LogP contribution in [-0.4, -0.2) is 66.3 Å². The Morgan fingerprint density at radius 3 is 2.29 bits per heavy atom. The third-order valence-corrected chi connectivity index (χ3v) is 4.19. The van der Waals surface area contributed by atoms with Crippen LogP contribution in [0.1, 0.15) is 32.1 Å². The van der Waals surface area contributed by atoms with Crippen molar-refractivity contribution in [2.45, 2.75) is 44.2 Å². The second-order valence-corrected chi connectivity index (χ2v) is 5.57. The lowest BCUT2D eigenvalue weighted by molar-refractivity contribution is 0.0860. The van der Waals surface area contributed by atoms with Gasteiger partial charge in [0.05, 0.1) is 6.61 Å². The Morgan fingerprint density at radius 1 is 1.06 bits per heavy atom. The van der Waals surface area contributed by atoms with E-state index in [0.717, 1.165) is 25.7 Å². The molecule has 0 aliphatic carbocycles. The molecular formula is C13H27N3O. The van der Waals surface area contributed by atoms with Gasteiger partial charge in [0.1, 0.15) is 0 Å². The van der Waals surface area contributed by atoms with Crippen molar-refractivity contribution in [3.8, 4) is 0 Å². The number of rotatable bonds is 4. The predicted molar refractivity (Wildman–Crippen MR) is 69.9 cm³/mol.